The third-order valence-electron chi connectivity index (χ3n) is 7.76. The minimum atomic E-state index is -0.631. The molecule has 11 heteroatoms. The Balaban J connectivity index is 1.41. The average Bonchev–Trinajstić information content (AvgIpc) is 3.69. The lowest BCUT2D eigenvalue weighted by atomic mass is 10.1. The van der Waals surface area contributed by atoms with Crippen LogP contribution in [-0.4, -0.2) is 129 Å². The van der Waals surface area contributed by atoms with Crippen molar-refractivity contribution < 1.29 is 23.9 Å². The fourth-order valence-electron chi connectivity index (χ4n) is 5.58. The van der Waals surface area contributed by atoms with Crippen molar-refractivity contribution in [2.75, 3.05) is 79.2 Å². The molecule has 0 spiro atoms. The zero-order valence-electron chi connectivity index (χ0n) is 22.4. The summed E-state index contributed by atoms with van der Waals surface area (Å²) in [6, 6.07) is 9.84. The van der Waals surface area contributed by atoms with Gasteiger partial charge in [-0.15, -0.1) is 11.3 Å². The van der Waals surface area contributed by atoms with E-state index < -0.39 is 6.04 Å². The molecule has 1 aromatic heterocycles. The molecule has 3 aliphatic rings. The maximum Gasteiger partial charge on any atom is 0.264 e. The molecule has 3 fully saturated rings. The lowest BCUT2D eigenvalue weighted by molar-refractivity contribution is -0.135. The van der Waals surface area contributed by atoms with Gasteiger partial charge in [-0.2, -0.15) is 0 Å². The fraction of sp³-hybridized carbons (Fsp3) is 0.536. The number of benzene rings is 1. The molecule has 1 aromatic carbocycles. The van der Waals surface area contributed by atoms with Crippen LogP contribution in [0, 0.1) is 0 Å². The number of likely N-dealkylation sites (tertiary alicyclic amines) is 1. The Labute approximate surface area is 233 Å². The molecule has 3 aliphatic heterocycles. The van der Waals surface area contributed by atoms with Crippen LogP contribution in [0.1, 0.15) is 26.5 Å². The standard InChI is InChI=1S/C28H37N5O5S/c1-37-23-5-2-4-21(18-23)26(34)33-20-22(19-24(33)27(35)31-9-7-29-8-10-31)32(28(36)25-6-3-17-39-25)12-11-30-13-15-38-16-14-30/h2-6,17-18,22,24,29H,7-16,19-20H2,1H3. The van der Waals surface area contributed by atoms with Gasteiger partial charge in [-0.25, -0.2) is 0 Å². The van der Waals surface area contributed by atoms with E-state index in [2.05, 4.69) is 10.2 Å². The lowest BCUT2D eigenvalue weighted by Crippen LogP contribution is -2.53. The predicted octanol–water partition coefficient (Wildman–Crippen LogP) is 1.25. The highest BCUT2D eigenvalue weighted by Gasteiger charge is 2.45. The number of morpholine rings is 1. The number of piperazine rings is 1. The van der Waals surface area contributed by atoms with E-state index in [1.54, 1.807) is 36.3 Å². The number of thiophene rings is 1. The van der Waals surface area contributed by atoms with Crippen LogP contribution in [-0.2, 0) is 9.53 Å². The van der Waals surface area contributed by atoms with Crippen LogP contribution in [0.4, 0.5) is 0 Å². The molecule has 210 valence electrons. The van der Waals surface area contributed by atoms with Gasteiger partial charge in [0.1, 0.15) is 11.8 Å². The summed E-state index contributed by atoms with van der Waals surface area (Å²) in [7, 11) is 1.56. The van der Waals surface area contributed by atoms with Crippen molar-refractivity contribution in [1.82, 2.24) is 24.9 Å². The van der Waals surface area contributed by atoms with Crippen molar-refractivity contribution in [2.45, 2.75) is 18.5 Å². The maximum atomic E-state index is 13.8. The van der Waals surface area contributed by atoms with Crippen LogP contribution < -0.4 is 10.1 Å². The minimum absolute atomic E-state index is 0.0488. The molecule has 3 amide bonds. The van der Waals surface area contributed by atoms with Crippen molar-refractivity contribution >= 4 is 29.1 Å². The summed E-state index contributed by atoms with van der Waals surface area (Å²) in [5, 5.41) is 5.18. The molecule has 2 aromatic rings. The molecule has 10 nitrogen and oxygen atoms in total. The van der Waals surface area contributed by atoms with Crippen LogP contribution in [0.15, 0.2) is 41.8 Å². The minimum Gasteiger partial charge on any atom is -0.497 e. The van der Waals surface area contributed by atoms with Gasteiger partial charge in [0.2, 0.25) is 5.91 Å². The monoisotopic (exact) mass is 555 g/mol. The van der Waals surface area contributed by atoms with E-state index in [1.165, 1.54) is 11.3 Å². The van der Waals surface area contributed by atoms with Crippen molar-refractivity contribution in [3.63, 3.8) is 0 Å². The Bertz CT molecular complexity index is 1130. The summed E-state index contributed by atoms with van der Waals surface area (Å²) in [6.45, 7) is 7.26. The number of carbonyl (C=O) groups is 3. The number of hydrogen-bond donors (Lipinski definition) is 1. The predicted molar refractivity (Wildman–Crippen MR) is 148 cm³/mol. The smallest absolute Gasteiger partial charge is 0.264 e. The molecular formula is C28H37N5O5S. The molecule has 3 saturated heterocycles. The Hall–Kier alpha value is -2.99. The molecule has 39 heavy (non-hydrogen) atoms. The Morgan fingerprint density at radius 1 is 1.10 bits per heavy atom. The van der Waals surface area contributed by atoms with Gasteiger partial charge >= 0.3 is 0 Å². The van der Waals surface area contributed by atoms with Gasteiger partial charge in [-0.3, -0.25) is 19.3 Å². The van der Waals surface area contributed by atoms with Crippen LogP contribution >= 0.6 is 11.3 Å². The molecule has 1 N–H and O–H groups in total. The SMILES string of the molecule is COc1cccc(C(=O)N2CC(N(CCN3CCOCC3)C(=O)c3cccs3)CC2C(=O)N2CCNCC2)c1. The van der Waals surface area contributed by atoms with E-state index in [4.69, 9.17) is 9.47 Å². The van der Waals surface area contributed by atoms with Crippen molar-refractivity contribution in [2.24, 2.45) is 0 Å². The molecule has 2 unspecified atom stereocenters. The lowest BCUT2D eigenvalue weighted by Gasteiger charge is -2.33. The van der Waals surface area contributed by atoms with Crippen molar-refractivity contribution in [3.05, 3.63) is 52.2 Å². The summed E-state index contributed by atoms with van der Waals surface area (Å²) in [5.74, 6) is 0.266. The van der Waals surface area contributed by atoms with E-state index in [0.717, 1.165) is 32.7 Å². The van der Waals surface area contributed by atoms with Gasteiger partial charge in [0.25, 0.3) is 11.8 Å². The number of nitrogens with one attached hydrogen (secondary N) is 1. The molecule has 0 bridgehead atoms. The normalized spacial score (nSPS) is 22.1. The van der Waals surface area contributed by atoms with Gasteiger partial charge in [-0.1, -0.05) is 12.1 Å². The van der Waals surface area contributed by atoms with E-state index in [9.17, 15) is 14.4 Å². The number of hydrogen-bond acceptors (Lipinski definition) is 8. The number of carbonyl (C=O) groups excluding carboxylic acids is 3. The topological polar surface area (TPSA) is 94.7 Å². The largest absolute Gasteiger partial charge is 0.497 e. The van der Waals surface area contributed by atoms with Gasteiger partial charge < -0.3 is 29.5 Å². The fourth-order valence-corrected chi connectivity index (χ4v) is 6.26. The van der Waals surface area contributed by atoms with E-state index >= 15 is 0 Å². The summed E-state index contributed by atoms with van der Waals surface area (Å²) >= 11 is 1.42. The molecular weight excluding hydrogens is 518 g/mol. The van der Waals surface area contributed by atoms with E-state index in [0.29, 0.717) is 62.0 Å². The number of rotatable bonds is 8. The first-order valence-electron chi connectivity index (χ1n) is 13.6. The Morgan fingerprint density at radius 3 is 2.62 bits per heavy atom. The Morgan fingerprint density at radius 2 is 1.90 bits per heavy atom. The first-order chi connectivity index (χ1) is 19.0. The highest BCUT2D eigenvalue weighted by molar-refractivity contribution is 7.12. The molecule has 4 heterocycles. The molecule has 0 saturated carbocycles. The number of methoxy groups -OCH3 is 1. The second kappa shape index (κ2) is 12.9. The second-order valence-corrected chi connectivity index (χ2v) is 11.0. The Kier molecular flexibility index (Phi) is 9.13. The zero-order valence-corrected chi connectivity index (χ0v) is 23.2. The number of ether oxygens (including phenoxy) is 2. The first kappa shape index (κ1) is 27.6. The molecule has 0 radical (unpaired) electrons. The zero-order chi connectivity index (χ0) is 27.2. The van der Waals surface area contributed by atoms with Crippen LogP contribution in [0.5, 0.6) is 5.75 Å². The van der Waals surface area contributed by atoms with Crippen LogP contribution in [0.25, 0.3) is 0 Å². The summed E-state index contributed by atoms with van der Waals surface area (Å²) in [4.78, 5) is 49.8. The van der Waals surface area contributed by atoms with Gasteiger partial charge in [0.05, 0.1) is 31.2 Å². The molecule has 5 rings (SSSR count). The van der Waals surface area contributed by atoms with Crippen LogP contribution in [0.3, 0.4) is 0 Å². The second-order valence-electron chi connectivity index (χ2n) is 10.1. The molecule has 0 aliphatic carbocycles. The van der Waals surface area contributed by atoms with Gasteiger partial charge in [0, 0.05) is 64.5 Å². The van der Waals surface area contributed by atoms with Crippen molar-refractivity contribution in [3.8, 4) is 5.75 Å². The highest BCUT2D eigenvalue weighted by atomic mass is 32.1. The summed E-state index contributed by atoms with van der Waals surface area (Å²) in [6.07, 6.45) is 0.415. The van der Waals surface area contributed by atoms with E-state index in [1.807, 2.05) is 27.3 Å². The quantitative estimate of drug-likeness (QED) is 0.524. The summed E-state index contributed by atoms with van der Waals surface area (Å²) < 4.78 is 10.8. The van der Waals surface area contributed by atoms with Crippen molar-refractivity contribution in [1.29, 1.82) is 0 Å². The average molecular weight is 556 g/mol. The van der Waals surface area contributed by atoms with Gasteiger partial charge in [-0.05, 0) is 36.1 Å². The first-order valence-corrected chi connectivity index (χ1v) is 14.5. The maximum absolute atomic E-state index is 13.8. The molecule has 2 atom stereocenters. The number of nitrogens with zero attached hydrogens (tertiary/aromatic N) is 4. The third kappa shape index (κ3) is 6.43. The number of amides is 3. The van der Waals surface area contributed by atoms with Crippen LogP contribution in [0.2, 0.25) is 0 Å². The van der Waals surface area contributed by atoms with E-state index in [-0.39, 0.29) is 23.8 Å². The summed E-state index contributed by atoms with van der Waals surface area (Å²) in [5.41, 5.74) is 0.470. The highest BCUT2D eigenvalue weighted by Crippen LogP contribution is 2.29. The third-order valence-corrected chi connectivity index (χ3v) is 8.62. The van der Waals surface area contributed by atoms with Gasteiger partial charge in [0.15, 0.2) is 0 Å².